The van der Waals surface area contributed by atoms with E-state index in [0.29, 0.717) is 18.6 Å². The van der Waals surface area contributed by atoms with E-state index in [1.165, 1.54) is 26.2 Å². The first-order chi connectivity index (χ1) is 10.4. The van der Waals surface area contributed by atoms with Crippen molar-refractivity contribution >= 4 is 5.69 Å². The van der Waals surface area contributed by atoms with Crippen LogP contribution in [0.5, 0.6) is 5.75 Å². The second-order valence-electron chi connectivity index (χ2n) is 3.74. The summed E-state index contributed by atoms with van der Waals surface area (Å²) >= 11 is 0.611. The third kappa shape index (κ3) is 5.90. The molecular weight excluding hydrogens is 480 g/mol. The van der Waals surface area contributed by atoms with Gasteiger partial charge in [0.05, 0.1) is 7.11 Å². The molecule has 2 aromatic carbocycles. The topological polar surface area (TPSA) is 50.1 Å². The molecule has 22 heavy (non-hydrogen) atoms. The average Bonchev–Trinajstić information content (AvgIpc) is 2.52. The van der Waals surface area contributed by atoms with Gasteiger partial charge in [0.2, 0.25) is 0 Å². The predicted molar refractivity (Wildman–Crippen MR) is 67.5 cm³/mol. The number of benzene rings is 2. The molecule has 0 heterocycles. The molecule has 1 N–H and O–H groups in total. The summed E-state index contributed by atoms with van der Waals surface area (Å²) in [5.74, 6) is -3.40. The zero-order valence-corrected chi connectivity index (χ0v) is 14.0. The average molecular weight is 491 g/mol. The number of halogens is 4. The van der Waals surface area contributed by atoms with Crippen LogP contribution in [0.1, 0.15) is 5.56 Å². The molecule has 0 spiro atoms. The standard InChI is InChI=1S/C7H4F3.C7H7FNO.O.Os/c1-4-5(8)2-3-6(9)7(4)10;1-10-7-3-2-5(9)4-6(7)8;;/h2H,1H3;2-4,9H,1H3;;/q2*-1;;. The van der Waals surface area contributed by atoms with Crippen molar-refractivity contribution in [2.45, 2.75) is 6.92 Å². The normalized spacial score (nSPS) is 9.05. The zero-order valence-electron chi connectivity index (χ0n) is 11.5. The minimum absolute atomic E-state index is 0.151. The Kier molecular flexibility index (Phi) is 9.19. The first-order valence-electron chi connectivity index (χ1n) is 5.58. The van der Waals surface area contributed by atoms with Crippen LogP contribution in [-0.2, 0) is 22.1 Å². The Morgan fingerprint density at radius 2 is 1.73 bits per heavy atom. The molecule has 122 valence electrons. The Bertz CT molecular complexity index is 599. The van der Waals surface area contributed by atoms with Crippen LogP contribution in [0.25, 0.3) is 5.73 Å². The molecule has 0 atom stereocenters. The van der Waals surface area contributed by atoms with Crippen molar-refractivity contribution in [2.24, 2.45) is 0 Å². The molecule has 0 aliphatic rings. The van der Waals surface area contributed by atoms with E-state index < -0.39 is 23.3 Å². The number of hydrogen-bond acceptors (Lipinski definition) is 2. The molecule has 0 fully saturated rings. The number of rotatable bonds is 1. The second-order valence-corrected chi connectivity index (χ2v) is 3.74. The van der Waals surface area contributed by atoms with Crippen LogP contribution >= 0.6 is 0 Å². The number of hydrogen-bond donors (Lipinski definition) is 0. The van der Waals surface area contributed by atoms with Crippen LogP contribution in [-0.4, -0.2) is 7.11 Å². The molecule has 3 nitrogen and oxygen atoms in total. The van der Waals surface area contributed by atoms with Crippen LogP contribution in [0, 0.1) is 36.3 Å². The third-order valence-electron chi connectivity index (χ3n) is 2.36. The Balaban J connectivity index is 0.000000360. The first kappa shape index (κ1) is 20.2. The van der Waals surface area contributed by atoms with Gasteiger partial charge in [-0.05, 0) is 12.1 Å². The summed E-state index contributed by atoms with van der Waals surface area (Å²) in [6, 6.07) is 6.58. The van der Waals surface area contributed by atoms with E-state index in [0.717, 1.165) is 12.1 Å². The van der Waals surface area contributed by atoms with Gasteiger partial charge in [0.15, 0.2) is 11.6 Å². The summed E-state index contributed by atoms with van der Waals surface area (Å²) in [5.41, 5.74) is 6.85. The van der Waals surface area contributed by atoms with Crippen molar-refractivity contribution in [3.05, 3.63) is 64.9 Å². The van der Waals surface area contributed by atoms with Gasteiger partial charge in [-0.15, -0.1) is 17.8 Å². The van der Waals surface area contributed by atoms with Gasteiger partial charge in [-0.1, -0.05) is 18.6 Å². The van der Waals surface area contributed by atoms with Crippen molar-refractivity contribution in [3.8, 4) is 5.75 Å². The fourth-order valence-corrected chi connectivity index (χ4v) is 1.23. The summed E-state index contributed by atoms with van der Waals surface area (Å²) in [5, 5.41) is 0. The molecule has 0 amide bonds. The van der Waals surface area contributed by atoms with Crippen LogP contribution in [0.4, 0.5) is 23.2 Å². The van der Waals surface area contributed by atoms with Crippen LogP contribution in [0.2, 0.25) is 0 Å². The maximum atomic E-state index is 12.6. The van der Waals surface area contributed by atoms with Gasteiger partial charge in [0.1, 0.15) is 0 Å². The van der Waals surface area contributed by atoms with Gasteiger partial charge in [0.25, 0.3) is 0 Å². The van der Waals surface area contributed by atoms with E-state index in [2.05, 4.69) is 4.74 Å². The van der Waals surface area contributed by atoms with Crippen molar-refractivity contribution in [1.29, 1.82) is 0 Å². The van der Waals surface area contributed by atoms with Crippen molar-refractivity contribution in [3.63, 3.8) is 0 Å². The van der Waals surface area contributed by atoms with E-state index in [4.69, 9.17) is 9.27 Å². The fraction of sp³-hybridized carbons (Fsp3) is 0.143. The molecule has 0 unspecified atom stereocenters. The second kappa shape index (κ2) is 10.0. The summed E-state index contributed by atoms with van der Waals surface area (Å²) < 4.78 is 62.4. The number of nitrogens with one attached hydrogen (secondary N) is 1. The Morgan fingerprint density at radius 1 is 1.14 bits per heavy atom. The minimum atomic E-state index is -1.17. The van der Waals surface area contributed by atoms with Gasteiger partial charge in [-0.3, -0.25) is 8.78 Å². The molecule has 0 aliphatic carbocycles. The SMILES string of the molecule is COc1ccc([NH-])cc1F.Cc1c(F)c[c-]c(F)c1F.[O]=[Os]. The molecule has 0 radical (unpaired) electrons. The van der Waals surface area contributed by atoms with Crippen LogP contribution in [0.3, 0.4) is 0 Å². The Hall–Kier alpha value is -1.80. The Morgan fingerprint density at radius 3 is 2.18 bits per heavy atom. The quantitative estimate of drug-likeness (QED) is 0.333. The van der Waals surface area contributed by atoms with Gasteiger partial charge in [-0.2, -0.15) is 0 Å². The van der Waals surface area contributed by atoms with Crippen LogP contribution in [0.15, 0.2) is 24.3 Å². The summed E-state index contributed by atoms with van der Waals surface area (Å²) in [6.45, 7) is 1.17. The van der Waals surface area contributed by atoms with E-state index in [9.17, 15) is 17.6 Å². The predicted octanol–water partition coefficient (Wildman–Crippen LogP) is 4.61. The van der Waals surface area contributed by atoms with Gasteiger partial charge >= 0.3 is 22.1 Å². The number of ether oxygens (including phenoxy) is 1. The van der Waals surface area contributed by atoms with Crippen molar-refractivity contribution in [1.82, 2.24) is 0 Å². The van der Waals surface area contributed by atoms with Gasteiger partial charge < -0.3 is 10.5 Å². The molecular formula is C14H11F4NO2Os-2. The summed E-state index contributed by atoms with van der Waals surface area (Å²) in [7, 11) is 1.39. The molecule has 2 rings (SSSR count). The van der Waals surface area contributed by atoms with E-state index >= 15 is 0 Å². The van der Waals surface area contributed by atoms with E-state index in [1.807, 2.05) is 0 Å². The molecule has 0 saturated heterocycles. The van der Waals surface area contributed by atoms with Gasteiger partial charge in [-0.25, -0.2) is 8.78 Å². The first-order valence-corrected chi connectivity index (χ1v) is 6.62. The summed E-state index contributed by atoms with van der Waals surface area (Å²) in [4.78, 5) is 0. The molecule has 8 heteroatoms. The molecule has 0 bridgehead atoms. The number of methoxy groups -OCH3 is 1. The maximum absolute atomic E-state index is 12.6. The Labute approximate surface area is 135 Å². The monoisotopic (exact) mass is 493 g/mol. The summed E-state index contributed by atoms with van der Waals surface area (Å²) in [6.07, 6.45) is 0. The molecule has 2 aromatic rings. The van der Waals surface area contributed by atoms with Crippen LogP contribution < -0.4 is 4.74 Å². The molecule has 0 aliphatic heterocycles. The van der Waals surface area contributed by atoms with E-state index in [-0.39, 0.29) is 17.0 Å². The zero-order chi connectivity index (χ0) is 17.3. The fourth-order valence-electron chi connectivity index (χ4n) is 1.23. The van der Waals surface area contributed by atoms with Gasteiger partial charge in [0, 0.05) is 17.5 Å². The van der Waals surface area contributed by atoms with Crippen molar-refractivity contribution < 1.29 is 44.4 Å². The van der Waals surface area contributed by atoms with E-state index in [1.54, 1.807) is 6.07 Å². The third-order valence-corrected chi connectivity index (χ3v) is 2.36. The van der Waals surface area contributed by atoms with Crippen molar-refractivity contribution in [2.75, 3.05) is 7.11 Å². The molecule has 0 saturated carbocycles. The molecule has 0 aromatic heterocycles.